The van der Waals surface area contributed by atoms with Crippen LogP contribution < -0.4 is 10.6 Å². The van der Waals surface area contributed by atoms with Crippen molar-refractivity contribution in [2.45, 2.75) is 38.0 Å². The highest BCUT2D eigenvalue weighted by Crippen LogP contribution is 2.07. The number of hydrogen-bond donors (Lipinski definition) is 3. The molecule has 0 aliphatic rings. The van der Waals surface area contributed by atoms with Crippen molar-refractivity contribution < 1.29 is 33.8 Å². The van der Waals surface area contributed by atoms with Crippen molar-refractivity contribution in [2.75, 3.05) is 7.11 Å². The predicted molar refractivity (Wildman–Crippen MR) is 115 cm³/mol. The lowest BCUT2D eigenvalue weighted by molar-refractivity contribution is -0.144. The molecule has 9 heteroatoms. The van der Waals surface area contributed by atoms with Crippen LogP contribution in [0.2, 0.25) is 0 Å². The van der Waals surface area contributed by atoms with Crippen molar-refractivity contribution in [3.05, 3.63) is 71.8 Å². The highest BCUT2D eigenvalue weighted by Gasteiger charge is 2.27. The Bertz CT molecular complexity index is 903. The molecule has 0 radical (unpaired) electrons. The highest BCUT2D eigenvalue weighted by atomic mass is 16.5. The Labute approximate surface area is 185 Å². The second-order valence-corrected chi connectivity index (χ2v) is 6.96. The number of amides is 2. The molecule has 0 aromatic heterocycles. The molecule has 2 aromatic rings. The van der Waals surface area contributed by atoms with E-state index in [-0.39, 0.29) is 25.9 Å². The van der Waals surface area contributed by atoms with E-state index in [4.69, 9.17) is 4.74 Å². The molecule has 0 bridgehead atoms. The minimum Gasteiger partial charge on any atom is -0.480 e. The average molecular weight is 442 g/mol. The number of hydrogen-bond acceptors (Lipinski definition) is 6. The van der Waals surface area contributed by atoms with Gasteiger partial charge < -0.3 is 25.2 Å². The minimum absolute atomic E-state index is 0.0171. The molecule has 0 saturated heterocycles. The number of ether oxygens (including phenoxy) is 2. The van der Waals surface area contributed by atoms with E-state index in [0.29, 0.717) is 0 Å². The van der Waals surface area contributed by atoms with Crippen molar-refractivity contribution >= 4 is 23.9 Å². The summed E-state index contributed by atoms with van der Waals surface area (Å²) < 4.78 is 9.69. The van der Waals surface area contributed by atoms with Gasteiger partial charge in [-0.1, -0.05) is 60.7 Å². The van der Waals surface area contributed by atoms with E-state index in [1.54, 1.807) is 36.4 Å². The summed E-state index contributed by atoms with van der Waals surface area (Å²) in [6.45, 7) is 0.0171. The van der Waals surface area contributed by atoms with Gasteiger partial charge in [-0.05, 0) is 17.5 Å². The summed E-state index contributed by atoms with van der Waals surface area (Å²) >= 11 is 0. The number of alkyl carbamates (subject to hydrolysis) is 1. The summed E-state index contributed by atoms with van der Waals surface area (Å²) in [5.74, 6) is -2.59. The second-order valence-electron chi connectivity index (χ2n) is 6.96. The largest absolute Gasteiger partial charge is 0.480 e. The van der Waals surface area contributed by atoms with Crippen LogP contribution in [0.25, 0.3) is 0 Å². The number of carbonyl (C=O) groups is 4. The van der Waals surface area contributed by atoms with Gasteiger partial charge in [-0.3, -0.25) is 9.59 Å². The lowest BCUT2D eigenvalue weighted by atomic mass is 10.0. The molecule has 0 aliphatic carbocycles. The van der Waals surface area contributed by atoms with Gasteiger partial charge in [0, 0.05) is 12.8 Å². The predicted octanol–water partition coefficient (Wildman–Crippen LogP) is 2.05. The fraction of sp³-hybridized carbons (Fsp3) is 0.304. The zero-order chi connectivity index (χ0) is 23.3. The monoisotopic (exact) mass is 442 g/mol. The van der Waals surface area contributed by atoms with Gasteiger partial charge in [0.05, 0.1) is 7.11 Å². The van der Waals surface area contributed by atoms with E-state index in [1.807, 2.05) is 24.3 Å². The molecule has 170 valence electrons. The number of carbonyl (C=O) groups excluding carboxylic acids is 3. The van der Waals surface area contributed by atoms with Gasteiger partial charge >= 0.3 is 18.0 Å². The molecule has 0 heterocycles. The maximum Gasteiger partial charge on any atom is 0.408 e. The van der Waals surface area contributed by atoms with Gasteiger partial charge in [0.25, 0.3) is 0 Å². The summed E-state index contributed by atoms with van der Waals surface area (Å²) in [4.78, 5) is 48.0. The van der Waals surface area contributed by atoms with Crippen LogP contribution in [0.15, 0.2) is 60.7 Å². The Morgan fingerprint density at radius 3 is 2.03 bits per heavy atom. The molecule has 3 N–H and O–H groups in total. The van der Waals surface area contributed by atoms with Crippen molar-refractivity contribution in [1.82, 2.24) is 10.6 Å². The summed E-state index contributed by atoms with van der Waals surface area (Å²) in [6, 6.07) is 15.6. The van der Waals surface area contributed by atoms with Gasteiger partial charge in [0.1, 0.15) is 18.7 Å². The first-order valence-corrected chi connectivity index (χ1v) is 10.00. The molecule has 0 spiro atoms. The fourth-order valence-corrected chi connectivity index (χ4v) is 2.86. The SMILES string of the molecule is COC(=O)CC[C@@H](NC(=O)[C@@H](Cc1ccccc1)NC(=O)OCc1ccccc1)C(=O)O. The van der Waals surface area contributed by atoms with Crippen LogP contribution in [-0.4, -0.2) is 48.2 Å². The molecule has 2 rings (SSSR count). The smallest absolute Gasteiger partial charge is 0.408 e. The molecule has 9 nitrogen and oxygen atoms in total. The van der Waals surface area contributed by atoms with E-state index < -0.39 is 36.0 Å². The second kappa shape index (κ2) is 12.7. The van der Waals surface area contributed by atoms with E-state index in [1.165, 1.54) is 7.11 Å². The molecule has 0 saturated carbocycles. The van der Waals surface area contributed by atoms with Crippen LogP contribution in [0.4, 0.5) is 4.79 Å². The molecule has 2 aromatic carbocycles. The van der Waals surface area contributed by atoms with E-state index >= 15 is 0 Å². The third-order valence-electron chi connectivity index (χ3n) is 4.58. The van der Waals surface area contributed by atoms with Crippen LogP contribution in [0, 0.1) is 0 Å². The third-order valence-corrected chi connectivity index (χ3v) is 4.58. The first-order valence-electron chi connectivity index (χ1n) is 10.00. The topological polar surface area (TPSA) is 131 Å². The summed E-state index contributed by atoms with van der Waals surface area (Å²) in [5, 5.41) is 14.3. The molecule has 0 fully saturated rings. The van der Waals surface area contributed by atoms with Crippen molar-refractivity contribution in [2.24, 2.45) is 0 Å². The molecule has 2 atom stereocenters. The van der Waals surface area contributed by atoms with E-state index in [2.05, 4.69) is 15.4 Å². The van der Waals surface area contributed by atoms with Gasteiger partial charge in [-0.15, -0.1) is 0 Å². The van der Waals surface area contributed by atoms with E-state index in [9.17, 15) is 24.3 Å². The Morgan fingerprint density at radius 2 is 1.47 bits per heavy atom. The maximum atomic E-state index is 12.8. The summed E-state index contributed by atoms with van der Waals surface area (Å²) in [5.41, 5.74) is 1.54. The first-order chi connectivity index (χ1) is 15.4. The number of aliphatic carboxylic acids is 1. The van der Waals surface area contributed by atoms with Gasteiger partial charge in [-0.2, -0.15) is 0 Å². The van der Waals surface area contributed by atoms with Crippen molar-refractivity contribution in [3.8, 4) is 0 Å². The fourth-order valence-electron chi connectivity index (χ4n) is 2.86. The number of methoxy groups -OCH3 is 1. The lowest BCUT2D eigenvalue weighted by Crippen LogP contribution is -2.52. The zero-order valence-corrected chi connectivity index (χ0v) is 17.7. The summed E-state index contributed by atoms with van der Waals surface area (Å²) in [6.07, 6.45) is -1.02. The zero-order valence-electron chi connectivity index (χ0n) is 17.7. The van der Waals surface area contributed by atoms with Crippen LogP contribution >= 0.6 is 0 Å². The van der Waals surface area contributed by atoms with Gasteiger partial charge in [0.2, 0.25) is 5.91 Å². The number of carboxylic acid groups (broad SMARTS) is 1. The quantitative estimate of drug-likeness (QED) is 0.454. The number of nitrogens with one attached hydrogen (secondary N) is 2. The number of benzene rings is 2. The average Bonchev–Trinajstić information content (AvgIpc) is 2.80. The molecule has 32 heavy (non-hydrogen) atoms. The standard InChI is InChI=1S/C23H26N2O7/c1-31-20(26)13-12-18(22(28)29)24-21(27)19(14-16-8-4-2-5-9-16)25-23(30)32-15-17-10-6-3-7-11-17/h2-11,18-19H,12-15H2,1H3,(H,24,27)(H,25,30)(H,28,29)/t18-,19-/m1/s1. The number of carboxylic acids is 1. The molecule has 0 aliphatic heterocycles. The lowest BCUT2D eigenvalue weighted by Gasteiger charge is -2.21. The Morgan fingerprint density at radius 1 is 0.875 bits per heavy atom. The third kappa shape index (κ3) is 8.47. The summed E-state index contributed by atoms with van der Waals surface area (Å²) in [7, 11) is 1.19. The Hall–Kier alpha value is -3.88. The number of esters is 1. The van der Waals surface area contributed by atoms with Crippen molar-refractivity contribution in [1.29, 1.82) is 0 Å². The normalized spacial score (nSPS) is 12.2. The van der Waals surface area contributed by atoms with E-state index in [0.717, 1.165) is 11.1 Å². The Balaban J connectivity index is 2.05. The molecule has 2 amide bonds. The van der Waals surface area contributed by atoms with Gasteiger partial charge in [0.15, 0.2) is 0 Å². The molecule has 0 unspecified atom stereocenters. The van der Waals surface area contributed by atoms with Crippen molar-refractivity contribution in [3.63, 3.8) is 0 Å². The van der Waals surface area contributed by atoms with Gasteiger partial charge in [-0.25, -0.2) is 9.59 Å². The van der Waals surface area contributed by atoms with Crippen LogP contribution in [0.1, 0.15) is 24.0 Å². The van der Waals surface area contributed by atoms with Crippen LogP contribution in [0.5, 0.6) is 0 Å². The molecular weight excluding hydrogens is 416 g/mol. The highest BCUT2D eigenvalue weighted by molar-refractivity contribution is 5.89. The van der Waals surface area contributed by atoms with Crippen LogP contribution in [0.3, 0.4) is 0 Å². The first kappa shape index (κ1) is 24.4. The molecular formula is C23H26N2O7. The minimum atomic E-state index is -1.32. The van der Waals surface area contributed by atoms with Crippen LogP contribution in [-0.2, 0) is 36.9 Å². The maximum absolute atomic E-state index is 12.8. The number of rotatable bonds is 11. The Kier molecular flexibility index (Phi) is 9.70.